The first-order chi connectivity index (χ1) is 9.12. The summed E-state index contributed by atoms with van der Waals surface area (Å²) in [4.78, 5) is 0. The third-order valence-corrected chi connectivity index (χ3v) is 3.88. The monoisotopic (exact) mass is 278 g/mol. The van der Waals surface area contributed by atoms with Gasteiger partial charge in [0.2, 0.25) is 0 Å². The maximum Gasteiger partial charge on any atom is 0.498 e. The maximum atomic E-state index is 10.1. The van der Waals surface area contributed by atoms with Gasteiger partial charge < -0.3 is 19.2 Å². The molecule has 1 heterocycles. The van der Waals surface area contributed by atoms with E-state index in [2.05, 4.69) is 0 Å². The first-order valence-electron chi connectivity index (χ1n) is 6.97. The molecule has 0 aliphatic carbocycles. The molecule has 5 heteroatoms. The predicted octanol–water partition coefficient (Wildman–Crippen LogP) is 2.48. The molecule has 0 bridgehead atoms. The van der Waals surface area contributed by atoms with Crippen LogP contribution in [0, 0.1) is 0 Å². The van der Waals surface area contributed by atoms with Gasteiger partial charge in [0, 0.05) is 5.46 Å². The Morgan fingerprint density at radius 1 is 1.10 bits per heavy atom. The lowest BCUT2D eigenvalue weighted by Gasteiger charge is -2.32. The Morgan fingerprint density at radius 3 is 2.15 bits per heavy atom. The summed E-state index contributed by atoms with van der Waals surface area (Å²) < 4.78 is 17.6. The summed E-state index contributed by atoms with van der Waals surface area (Å²) in [6.45, 7) is 11.9. The Balaban J connectivity index is 2.30. The molecular formula is C15H23BO4. The van der Waals surface area contributed by atoms with Crippen LogP contribution in [0.3, 0.4) is 0 Å². The average molecular weight is 278 g/mol. The topological polar surface area (TPSA) is 47.9 Å². The van der Waals surface area contributed by atoms with Crippen LogP contribution >= 0.6 is 0 Å². The van der Waals surface area contributed by atoms with Crippen LogP contribution in [0.5, 0.6) is 11.5 Å². The minimum Gasteiger partial charge on any atom is -0.508 e. The highest BCUT2D eigenvalue weighted by Gasteiger charge is 2.52. The van der Waals surface area contributed by atoms with Crippen LogP contribution < -0.4 is 10.2 Å². The molecule has 1 N–H and O–H groups in total. The zero-order valence-corrected chi connectivity index (χ0v) is 13.1. The van der Waals surface area contributed by atoms with Gasteiger partial charge in [-0.1, -0.05) is 0 Å². The summed E-state index contributed by atoms with van der Waals surface area (Å²) in [6.07, 6.45) is 0.0747. The second-order valence-electron chi connectivity index (χ2n) is 6.48. The Bertz CT molecular complexity index is 481. The normalized spacial score (nSPS) is 20.4. The van der Waals surface area contributed by atoms with E-state index in [1.54, 1.807) is 18.2 Å². The van der Waals surface area contributed by atoms with Gasteiger partial charge in [0.05, 0.1) is 17.3 Å². The van der Waals surface area contributed by atoms with Gasteiger partial charge >= 0.3 is 7.12 Å². The molecule has 1 aromatic rings. The standard InChI is InChI=1S/C15H23BO4/c1-10(2)18-11-7-8-13(17)12(9-11)16-19-14(3,4)15(5,6)20-16/h7-10,17H,1-6H3. The third-order valence-electron chi connectivity index (χ3n) is 3.88. The number of phenolic OH excluding ortho intramolecular Hbond substituents is 1. The molecule has 4 nitrogen and oxygen atoms in total. The number of benzene rings is 1. The molecule has 0 unspecified atom stereocenters. The number of ether oxygens (including phenoxy) is 1. The predicted molar refractivity (Wildman–Crippen MR) is 79.6 cm³/mol. The van der Waals surface area contributed by atoms with Crippen molar-refractivity contribution in [1.82, 2.24) is 0 Å². The maximum absolute atomic E-state index is 10.1. The van der Waals surface area contributed by atoms with E-state index in [-0.39, 0.29) is 11.9 Å². The molecule has 0 amide bonds. The summed E-state index contributed by atoms with van der Waals surface area (Å²) in [5, 5.41) is 10.1. The lowest BCUT2D eigenvalue weighted by molar-refractivity contribution is 0.00578. The molecule has 2 rings (SSSR count). The van der Waals surface area contributed by atoms with E-state index in [9.17, 15) is 5.11 Å². The Hall–Kier alpha value is -1.20. The molecule has 1 aliphatic heterocycles. The molecule has 110 valence electrons. The van der Waals surface area contributed by atoms with Gasteiger partial charge in [-0.05, 0) is 59.7 Å². The van der Waals surface area contributed by atoms with E-state index in [0.717, 1.165) is 0 Å². The Labute approximate surface area is 121 Å². The van der Waals surface area contributed by atoms with Gasteiger partial charge in [0.15, 0.2) is 0 Å². The summed E-state index contributed by atoms with van der Waals surface area (Å²) in [5.41, 5.74) is -0.264. The number of hydrogen-bond acceptors (Lipinski definition) is 4. The molecule has 1 saturated heterocycles. The highest BCUT2D eigenvalue weighted by molar-refractivity contribution is 6.63. The number of phenols is 1. The van der Waals surface area contributed by atoms with Crippen LogP contribution in [0.25, 0.3) is 0 Å². The van der Waals surface area contributed by atoms with Gasteiger partial charge in [-0.3, -0.25) is 0 Å². The summed E-state index contributed by atoms with van der Waals surface area (Å²) in [5.74, 6) is 0.849. The van der Waals surface area contributed by atoms with Crippen LogP contribution in [0.2, 0.25) is 0 Å². The first kappa shape index (κ1) is 15.2. The largest absolute Gasteiger partial charge is 0.508 e. The second-order valence-corrected chi connectivity index (χ2v) is 6.48. The van der Waals surface area contributed by atoms with Crippen molar-refractivity contribution in [3.8, 4) is 11.5 Å². The Kier molecular flexibility index (Phi) is 3.78. The molecule has 1 aromatic carbocycles. The third kappa shape index (κ3) is 2.79. The number of rotatable bonds is 3. The van der Waals surface area contributed by atoms with Crippen LogP contribution in [0.1, 0.15) is 41.5 Å². The first-order valence-corrected chi connectivity index (χ1v) is 6.97. The molecule has 0 atom stereocenters. The van der Waals surface area contributed by atoms with Crippen molar-refractivity contribution in [1.29, 1.82) is 0 Å². The van der Waals surface area contributed by atoms with Crippen LogP contribution in [-0.4, -0.2) is 29.5 Å². The van der Waals surface area contributed by atoms with Crippen molar-refractivity contribution in [2.24, 2.45) is 0 Å². The van der Waals surface area contributed by atoms with Crippen molar-refractivity contribution >= 4 is 12.6 Å². The summed E-state index contributed by atoms with van der Waals surface area (Å²) in [7, 11) is -0.587. The minimum absolute atomic E-state index is 0.0747. The van der Waals surface area contributed by atoms with E-state index < -0.39 is 18.3 Å². The van der Waals surface area contributed by atoms with Crippen LogP contribution in [-0.2, 0) is 9.31 Å². The van der Waals surface area contributed by atoms with Crippen molar-refractivity contribution in [2.75, 3.05) is 0 Å². The second kappa shape index (κ2) is 4.97. The zero-order chi connectivity index (χ0) is 15.1. The van der Waals surface area contributed by atoms with E-state index in [1.165, 1.54) is 0 Å². The molecule has 1 aliphatic rings. The number of aromatic hydroxyl groups is 1. The molecule has 0 spiro atoms. The molecule has 0 saturated carbocycles. The highest BCUT2D eigenvalue weighted by atomic mass is 16.7. The Morgan fingerprint density at radius 2 is 1.65 bits per heavy atom. The van der Waals surface area contributed by atoms with Crippen LogP contribution in [0.15, 0.2) is 18.2 Å². The van der Waals surface area contributed by atoms with Gasteiger partial charge in [0.1, 0.15) is 11.5 Å². The van der Waals surface area contributed by atoms with Crippen molar-refractivity contribution < 1.29 is 19.2 Å². The lowest BCUT2D eigenvalue weighted by Crippen LogP contribution is -2.41. The van der Waals surface area contributed by atoms with Gasteiger partial charge in [0.25, 0.3) is 0 Å². The molecular weight excluding hydrogens is 255 g/mol. The molecule has 0 radical (unpaired) electrons. The zero-order valence-electron chi connectivity index (χ0n) is 13.1. The van der Waals surface area contributed by atoms with Crippen molar-refractivity contribution in [2.45, 2.75) is 58.8 Å². The lowest BCUT2D eigenvalue weighted by atomic mass is 9.78. The van der Waals surface area contributed by atoms with E-state index in [1.807, 2.05) is 41.5 Å². The molecule has 1 fully saturated rings. The smallest absolute Gasteiger partial charge is 0.498 e. The van der Waals surface area contributed by atoms with E-state index in [4.69, 9.17) is 14.0 Å². The fraction of sp³-hybridized carbons (Fsp3) is 0.600. The van der Waals surface area contributed by atoms with Gasteiger partial charge in [-0.2, -0.15) is 0 Å². The molecule has 20 heavy (non-hydrogen) atoms. The summed E-state index contributed by atoms with van der Waals surface area (Å²) >= 11 is 0. The van der Waals surface area contributed by atoms with E-state index in [0.29, 0.717) is 11.2 Å². The quantitative estimate of drug-likeness (QED) is 0.863. The molecule has 0 aromatic heterocycles. The van der Waals surface area contributed by atoms with E-state index >= 15 is 0 Å². The van der Waals surface area contributed by atoms with Gasteiger partial charge in [-0.15, -0.1) is 0 Å². The van der Waals surface area contributed by atoms with Gasteiger partial charge in [-0.25, -0.2) is 0 Å². The van der Waals surface area contributed by atoms with Crippen molar-refractivity contribution in [3.05, 3.63) is 18.2 Å². The fourth-order valence-corrected chi connectivity index (χ4v) is 2.04. The average Bonchev–Trinajstić information content (AvgIpc) is 2.50. The minimum atomic E-state index is -0.587. The van der Waals surface area contributed by atoms with Crippen LogP contribution in [0.4, 0.5) is 0 Å². The number of hydrogen-bond donors (Lipinski definition) is 1. The van der Waals surface area contributed by atoms with Crippen molar-refractivity contribution in [3.63, 3.8) is 0 Å². The SMILES string of the molecule is CC(C)Oc1ccc(O)c(B2OC(C)(C)C(C)(C)O2)c1. The fourth-order valence-electron chi connectivity index (χ4n) is 2.04. The highest BCUT2D eigenvalue weighted by Crippen LogP contribution is 2.37. The summed E-state index contributed by atoms with van der Waals surface area (Å²) in [6, 6.07) is 5.12.